The molecule has 2 heterocycles. The molecule has 302 valence electrons. The molecule has 1 saturated heterocycles. The lowest BCUT2D eigenvalue weighted by Crippen LogP contribution is -2.62. The molecule has 1 aromatic heterocycles. The molecule has 57 heavy (non-hydrogen) atoms. The summed E-state index contributed by atoms with van der Waals surface area (Å²) in [6.45, 7) is 5.38. The molecule has 0 radical (unpaired) electrons. The van der Waals surface area contributed by atoms with Crippen LogP contribution >= 0.6 is 0 Å². The van der Waals surface area contributed by atoms with E-state index in [1.54, 1.807) is 20.0 Å². The van der Waals surface area contributed by atoms with Crippen LogP contribution in [0.25, 0.3) is 10.9 Å². The molecular formula is C43H54N8O6. The highest BCUT2D eigenvalue weighted by atomic mass is 16.2. The first-order valence-electron chi connectivity index (χ1n) is 19.6. The molecule has 5 rings (SSSR count). The maximum absolute atomic E-state index is 14.4. The van der Waals surface area contributed by atoms with Crippen molar-refractivity contribution in [1.82, 2.24) is 36.9 Å². The summed E-state index contributed by atoms with van der Waals surface area (Å²) in [6.07, 6.45) is 3.28. The van der Waals surface area contributed by atoms with Crippen LogP contribution in [0.15, 0.2) is 91.1 Å². The topological polar surface area (TPSA) is 216 Å². The number of benzene rings is 3. The van der Waals surface area contributed by atoms with Gasteiger partial charge in [-0.2, -0.15) is 0 Å². The van der Waals surface area contributed by atoms with Crippen LogP contribution in [0.4, 0.5) is 0 Å². The van der Waals surface area contributed by atoms with E-state index in [9.17, 15) is 28.8 Å². The molecule has 3 aromatic carbocycles. The van der Waals surface area contributed by atoms with Crippen LogP contribution in [0.5, 0.6) is 0 Å². The third-order valence-electron chi connectivity index (χ3n) is 10.1. The number of H-pyrrole nitrogens is 1. The Kier molecular flexibility index (Phi) is 15.0. The minimum atomic E-state index is -1.18. The second-order valence-corrected chi connectivity index (χ2v) is 14.9. The number of unbranched alkanes of at least 4 members (excludes halogenated alkanes) is 1. The first kappa shape index (κ1) is 42.1. The molecule has 0 saturated carbocycles. The number of nitrogens with two attached hydrogens (primary N) is 1. The van der Waals surface area contributed by atoms with E-state index in [-0.39, 0.29) is 25.7 Å². The highest BCUT2D eigenvalue weighted by Crippen LogP contribution is 2.20. The number of para-hydroxylation sites is 1. The van der Waals surface area contributed by atoms with Crippen LogP contribution in [0.3, 0.4) is 0 Å². The number of aromatic nitrogens is 1. The van der Waals surface area contributed by atoms with Crippen LogP contribution in [0.1, 0.15) is 56.7 Å². The lowest BCUT2D eigenvalue weighted by atomic mass is 9.99. The Bertz CT molecular complexity index is 2000. The Labute approximate surface area is 332 Å². The Morgan fingerprint density at radius 1 is 0.544 bits per heavy atom. The summed E-state index contributed by atoms with van der Waals surface area (Å²) in [5.41, 5.74) is 8.87. The predicted octanol–water partition coefficient (Wildman–Crippen LogP) is 1.92. The van der Waals surface area contributed by atoms with Gasteiger partial charge in [0.1, 0.15) is 36.3 Å². The number of rotatable bonds is 11. The summed E-state index contributed by atoms with van der Waals surface area (Å²) in [4.78, 5) is 87.6. The Morgan fingerprint density at radius 3 is 1.63 bits per heavy atom. The quantitative estimate of drug-likeness (QED) is 0.106. The van der Waals surface area contributed by atoms with Gasteiger partial charge in [0.25, 0.3) is 0 Å². The molecule has 14 heteroatoms. The van der Waals surface area contributed by atoms with Crippen LogP contribution < -0.4 is 37.6 Å². The summed E-state index contributed by atoms with van der Waals surface area (Å²) in [6, 6.07) is 19.0. The van der Waals surface area contributed by atoms with Gasteiger partial charge in [0.15, 0.2) is 0 Å². The Morgan fingerprint density at radius 2 is 1.04 bits per heavy atom. The monoisotopic (exact) mass is 778 g/mol. The van der Waals surface area contributed by atoms with Crippen molar-refractivity contribution in [2.45, 2.75) is 95.5 Å². The Balaban J connectivity index is 1.54. The van der Waals surface area contributed by atoms with E-state index in [2.05, 4.69) is 36.9 Å². The minimum Gasteiger partial charge on any atom is -0.361 e. The number of fused-ring (bicyclic) bond motifs is 1. The van der Waals surface area contributed by atoms with E-state index in [1.165, 1.54) is 6.92 Å². The van der Waals surface area contributed by atoms with E-state index in [1.807, 2.05) is 84.9 Å². The number of hydrogen-bond acceptors (Lipinski definition) is 7. The molecule has 0 spiro atoms. The fraction of sp³-hybridized carbons (Fsp3) is 0.395. The molecule has 6 amide bonds. The van der Waals surface area contributed by atoms with Crippen molar-refractivity contribution in [3.63, 3.8) is 0 Å². The molecule has 6 unspecified atom stereocenters. The molecule has 0 bridgehead atoms. The van der Waals surface area contributed by atoms with Gasteiger partial charge in [-0.3, -0.25) is 28.8 Å². The third-order valence-corrected chi connectivity index (χ3v) is 10.1. The van der Waals surface area contributed by atoms with Crippen LogP contribution in [-0.2, 0) is 48.0 Å². The number of carbonyl (C=O) groups excluding carboxylic acids is 6. The van der Waals surface area contributed by atoms with Crippen molar-refractivity contribution < 1.29 is 28.8 Å². The van der Waals surface area contributed by atoms with Gasteiger partial charge in [-0.05, 0) is 61.4 Å². The average molecular weight is 779 g/mol. The SMILES string of the molecule is CC1NC(=O)C(Cc2ccccc2)NC(=O)C(C(C)C)NC(=O)C(CCCCN)NC(=O)C(Cc2c[nH]c3ccccc23)NC(=O)C(Cc2ccccc2)NC1=O. The maximum atomic E-state index is 14.4. The molecule has 4 aromatic rings. The summed E-state index contributed by atoms with van der Waals surface area (Å²) in [5.74, 6) is -4.14. The van der Waals surface area contributed by atoms with Crippen LogP contribution in [-0.4, -0.2) is 83.2 Å². The highest BCUT2D eigenvalue weighted by molar-refractivity contribution is 5.98. The van der Waals surface area contributed by atoms with Gasteiger partial charge in [-0.15, -0.1) is 0 Å². The van der Waals surface area contributed by atoms with Crippen molar-refractivity contribution in [3.05, 3.63) is 108 Å². The lowest BCUT2D eigenvalue weighted by molar-refractivity contribution is -0.137. The molecule has 0 aliphatic carbocycles. The number of aromatic amines is 1. The standard InChI is InChI=1S/C43H54N8O6/c1-26(2)37-43(57)50-34(22-28-14-6-4-7-15-28)40(54)46-27(3)38(52)48-35(23-29-16-8-5-9-17-29)41(55)49-36(24-30-25-45-32-19-11-10-18-31(30)32)42(56)47-33(39(53)51-37)20-12-13-21-44/h4-11,14-19,25-27,33-37,45H,12-13,20-24,44H2,1-3H3,(H,46,54)(H,47,56)(H,48,52)(H,49,55)(H,50,57)(H,51,53). The fourth-order valence-corrected chi connectivity index (χ4v) is 6.88. The molecular weight excluding hydrogens is 725 g/mol. The number of nitrogens with one attached hydrogen (secondary N) is 7. The van der Waals surface area contributed by atoms with Crippen molar-refractivity contribution >= 4 is 46.3 Å². The minimum absolute atomic E-state index is 0.0526. The van der Waals surface area contributed by atoms with Gasteiger partial charge in [-0.25, -0.2) is 0 Å². The van der Waals surface area contributed by atoms with E-state index in [4.69, 9.17) is 5.73 Å². The van der Waals surface area contributed by atoms with Crippen molar-refractivity contribution in [3.8, 4) is 0 Å². The summed E-state index contributed by atoms with van der Waals surface area (Å²) >= 11 is 0. The molecule has 9 N–H and O–H groups in total. The number of amides is 6. The van der Waals surface area contributed by atoms with Gasteiger partial charge < -0.3 is 42.6 Å². The number of hydrogen-bond donors (Lipinski definition) is 8. The zero-order chi connectivity index (χ0) is 40.9. The molecule has 1 aliphatic heterocycles. The highest BCUT2D eigenvalue weighted by Gasteiger charge is 2.35. The number of carbonyl (C=O) groups is 6. The fourth-order valence-electron chi connectivity index (χ4n) is 6.88. The van der Waals surface area contributed by atoms with Crippen molar-refractivity contribution in [2.75, 3.05) is 6.54 Å². The van der Waals surface area contributed by atoms with Gasteiger partial charge in [0.05, 0.1) is 0 Å². The zero-order valence-corrected chi connectivity index (χ0v) is 32.7. The first-order chi connectivity index (χ1) is 27.4. The van der Waals surface area contributed by atoms with Gasteiger partial charge in [-0.1, -0.05) is 92.7 Å². The predicted molar refractivity (Wildman–Crippen MR) is 217 cm³/mol. The van der Waals surface area contributed by atoms with E-state index >= 15 is 0 Å². The summed E-state index contributed by atoms with van der Waals surface area (Å²) in [5, 5.41) is 17.7. The second kappa shape index (κ2) is 20.2. The van der Waals surface area contributed by atoms with Crippen LogP contribution in [0, 0.1) is 5.92 Å². The smallest absolute Gasteiger partial charge is 0.243 e. The average Bonchev–Trinajstić information content (AvgIpc) is 3.61. The zero-order valence-electron chi connectivity index (χ0n) is 32.7. The molecule has 6 atom stereocenters. The normalized spacial score (nSPS) is 23.0. The van der Waals surface area contributed by atoms with E-state index in [0.29, 0.717) is 19.4 Å². The van der Waals surface area contributed by atoms with E-state index < -0.39 is 77.6 Å². The molecule has 14 nitrogen and oxygen atoms in total. The van der Waals surface area contributed by atoms with E-state index in [0.717, 1.165) is 27.6 Å². The van der Waals surface area contributed by atoms with Crippen molar-refractivity contribution in [1.29, 1.82) is 0 Å². The summed E-state index contributed by atoms with van der Waals surface area (Å²) in [7, 11) is 0. The third kappa shape index (κ3) is 11.7. The molecule has 1 aliphatic rings. The van der Waals surface area contributed by atoms with Gasteiger partial charge in [0.2, 0.25) is 35.4 Å². The summed E-state index contributed by atoms with van der Waals surface area (Å²) < 4.78 is 0. The second-order valence-electron chi connectivity index (χ2n) is 14.9. The Hall–Kier alpha value is -6.02. The molecule has 1 fully saturated rings. The van der Waals surface area contributed by atoms with Crippen LogP contribution in [0.2, 0.25) is 0 Å². The maximum Gasteiger partial charge on any atom is 0.243 e. The van der Waals surface area contributed by atoms with Crippen molar-refractivity contribution in [2.24, 2.45) is 11.7 Å². The first-order valence-corrected chi connectivity index (χ1v) is 19.6. The van der Waals surface area contributed by atoms with Gasteiger partial charge in [0, 0.05) is 36.4 Å². The van der Waals surface area contributed by atoms with Gasteiger partial charge >= 0.3 is 0 Å². The lowest BCUT2D eigenvalue weighted by Gasteiger charge is -2.30. The largest absolute Gasteiger partial charge is 0.361 e.